The highest BCUT2D eigenvalue weighted by molar-refractivity contribution is 6.12. The minimum Gasteiger partial charge on any atom is -0.384 e. The Morgan fingerprint density at radius 3 is 3.18 bits per heavy atom. The summed E-state index contributed by atoms with van der Waals surface area (Å²) >= 11 is 0. The fourth-order valence-corrected chi connectivity index (χ4v) is 4.11. The van der Waals surface area contributed by atoms with Gasteiger partial charge in [-0.05, 0) is 24.5 Å². The lowest BCUT2D eigenvalue weighted by Gasteiger charge is -2.26. The van der Waals surface area contributed by atoms with Crippen molar-refractivity contribution in [3.63, 3.8) is 0 Å². The number of rotatable bonds is 1. The number of nitrogen functional groups attached to an aromatic ring is 1. The number of hydrogen-bond acceptors (Lipinski definition) is 5. The van der Waals surface area contributed by atoms with Crippen LogP contribution in [0.1, 0.15) is 6.42 Å². The van der Waals surface area contributed by atoms with Gasteiger partial charge in [0, 0.05) is 37.3 Å². The molecule has 2 aliphatic rings. The molecular formula is C16H18N6. The van der Waals surface area contributed by atoms with Crippen molar-refractivity contribution >= 4 is 33.4 Å². The maximum atomic E-state index is 5.89. The summed E-state index contributed by atoms with van der Waals surface area (Å²) in [4.78, 5) is 14.6. The molecule has 22 heavy (non-hydrogen) atoms. The number of nitrogens with one attached hydrogen (secondary N) is 2. The van der Waals surface area contributed by atoms with Crippen LogP contribution in [-0.2, 0) is 0 Å². The van der Waals surface area contributed by atoms with Crippen molar-refractivity contribution in [1.29, 1.82) is 0 Å². The van der Waals surface area contributed by atoms with E-state index in [1.54, 1.807) is 6.20 Å². The summed E-state index contributed by atoms with van der Waals surface area (Å²) in [6, 6.07) is 4.67. The summed E-state index contributed by atoms with van der Waals surface area (Å²) in [5.41, 5.74) is 9.06. The normalized spacial score (nSPS) is 24.5. The van der Waals surface area contributed by atoms with Gasteiger partial charge >= 0.3 is 0 Å². The molecule has 2 fully saturated rings. The molecule has 6 heteroatoms. The second-order valence-electron chi connectivity index (χ2n) is 6.30. The quantitative estimate of drug-likeness (QED) is 0.633. The van der Waals surface area contributed by atoms with Gasteiger partial charge < -0.3 is 20.9 Å². The van der Waals surface area contributed by atoms with Crippen LogP contribution in [0.2, 0.25) is 0 Å². The number of nitrogens with two attached hydrogens (primary N) is 1. The summed E-state index contributed by atoms with van der Waals surface area (Å²) in [5, 5.41) is 5.79. The highest BCUT2D eigenvalue weighted by atomic mass is 15.2. The fourth-order valence-electron chi connectivity index (χ4n) is 4.11. The van der Waals surface area contributed by atoms with Gasteiger partial charge in [0.25, 0.3) is 0 Å². The summed E-state index contributed by atoms with van der Waals surface area (Å²) < 4.78 is 0. The molecule has 0 bridgehead atoms. The zero-order valence-electron chi connectivity index (χ0n) is 12.2. The number of nitrogens with zero attached hydrogens (tertiary/aromatic N) is 3. The molecule has 0 radical (unpaired) electrons. The molecule has 5 rings (SSSR count). The molecule has 0 aliphatic carbocycles. The Labute approximate surface area is 127 Å². The van der Waals surface area contributed by atoms with Crippen LogP contribution in [0.25, 0.3) is 21.9 Å². The van der Waals surface area contributed by atoms with E-state index in [0.29, 0.717) is 11.9 Å². The first-order chi connectivity index (χ1) is 10.8. The molecule has 2 atom stereocenters. The van der Waals surface area contributed by atoms with Gasteiger partial charge in [-0.25, -0.2) is 9.97 Å². The zero-order valence-corrected chi connectivity index (χ0v) is 12.2. The van der Waals surface area contributed by atoms with E-state index in [2.05, 4.69) is 31.2 Å². The smallest absolute Gasteiger partial charge is 0.140 e. The van der Waals surface area contributed by atoms with E-state index in [-0.39, 0.29) is 0 Å². The van der Waals surface area contributed by atoms with Crippen LogP contribution in [-0.4, -0.2) is 40.6 Å². The van der Waals surface area contributed by atoms with E-state index in [0.717, 1.165) is 42.1 Å². The van der Waals surface area contributed by atoms with E-state index in [4.69, 9.17) is 5.73 Å². The van der Waals surface area contributed by atoms with Crippen molar-refractivity contribution in [2.45, 2.75) is 12.5 Å². The minimum absolute atomic E-state index is 0.546. The van der Waals surface area contributed by atoms with Crippen molar-refractivity contribution in [3.8, 4) is 0 Å². The first kappa shape index (κ1) is 12.2. The monoisotopic (exact) mass is 294 g/mol. The molecular weight excluding hydrogens is 276 g/mol. The van der Waals surface area contributed by atoms with Gasteiger partial charge in [-0.15, -0.1) is 0 Å². The molecule has 0 aromatic carbocycles. The molecule has 2 aliphatic heterocycles. The Hall–Kier alpha value is -2.34. The third-order valence-corrected chi connectivity index (χ3v) is 5.13. The number of fused-ring (bicyclic) bond motifs is 4. The Bertz CT molecular complexity index is 870. The molecule has 3 aromatic heterocycles. The average molecular weight is 294 g/mol. The van der Waals surface area contributed by atoms with E-state index in [1.807, 2.05) is 12.3 Å². The standard InChI is InChI=1S/C16H18N6/c17-14-5-10-11(7-20-14)21-16-15(10)12(1-3-19-16)22-4-2-9-6-18-8-13(9)22/h1,3,5,7,9,13,18H,2,4,6,8H2,(H2,17,20)(H,19,21). The van der Waals surface area contributed by atoms with Gasteiger partial charge in [0.1, 0.15) is 11.5 Å². The van der Waals surface area contributed by atoms with Gasteiger partial charge in [-0.1, -0.05) is 0 Å². The third kappa shape index (κ3) is 1.58. The van der Waals surface area contributed by atoms with Crippen LogP contribution in [0.3, 0.4) is 0 Å². The zero-order chi connectivity index (χ0) is 14.7. The average Bonchev–Trinajstić information content (AvgIpc) is 3.19. The largest absolute Gasteiger partial charge is 0.384 e. The predicted molar refractivity (Wildman–Crippen MR) is 87.9 cm³/mol. The van der Waals surface area contributed by atoms with Gasteiger partial charge in [0.05, 0.1) is 22.8 Å². The maximum absolute atomic E-state index is 5.89. The number of hydrogen-bond donors (Lipinski definition) is 3. The lowest BCUT2D eigenvalue weighted by Crippen LogP contribution is -2.34. The van der Waals surface area contributed by atoms with Gasteiger partial charge in [-0.3, -0.25) is 0 Å². The molecule has 4 N–H and O–H groups in total. The Kier molecular flexibility index (Phi) is 2.41. The highest BCUT2D eigenvalue weighted by Crippen LogP contribution is 2.38. The summed E-state index contributed by atoms with van der Waals surface area (Å²) in [6.07, 6.45) is 4.94. The molecule has 2 saturated heterocycles. The van der Waals surface area contributed by atoms with Gasteiger partial charge in [0.2, 0.25) is 0 Å². The van der Waals surface area contributed by atoms with Gasteiger partial charge in [0.15, 0.2) is 0 Å². The van der Waals surface area contributed by atoms with Crippen molar-refractivity contribution < 1.29 is 0 Å². The van der Waals surface area contributed by atoms with Crippen molar-refractivity contribution in [2.75, 3.05) is 30.3 Å². The van der Waals surface area contributed by atoms with E-state index >= 15 is 0 Å². The van der Waals surface area contributed by atoms with Crippen molar-refractivity contribution in [1.82, 2.24) is 20.3 Å². The highest BCUT2D eigenvalue weighted by Gasteiger charge is 2.38. The number of aromatic nitrogens is 3. The second-order valence-corrected chi connectivity index (χ2v) is 6.30. The van der Waals surface area contributed by atoms with E-state index in [1.165, 1.54) is 17.5 Å². The summed E-state index contributed by atoms with van der Waals surface area (Å²) in [5.74, 6) is 1.31. The Morgan fingerprint density at radius 2 is 2.23 bits per heavy atom. The van der Waals surface area contributed by atoms with Crippen LogP contribution >= 0.6 is 0 Å². The SMILES string of the molecule is Nc1cc2c(cn1)[nH]c1nccc(N3CCC4CNCC43)c12. The van der Waals surface area contributed by atoms with Crippen molar-refractivity contribution in [3.05, 3.63) is 24.5 Å². The van der Waals surface area contributed by atoms with Crippen LogP contribution in [0, 0.1) is 5.92 Å². The third-order valence-electron chi connectivity index (χ3n) is 5.13. The molecule has 6 nitrogen and oxygen atoms in total. The number of anilines is 2. The van der Waals surface area contributed by atoms with Crippen LogP contribution in [0.15, 0.2) is 24.5 Å². The van der Waals surface area contributed by atoms with E-state index < -0.39 is 0 Å². The van der Waals surface area contributed by atoms with Crippen LogP contribution in [0.4, 0.5) is 11.5 Å². The summed E-state index contributed by atoms with van der Waals surface area (Å²) in [7, 11) is 0. The molecule has 3 aromatic rings. The van der Waals surface area contributed by atoms with Crippen LogP contribution < -0.4 is 16.0 Å². The van der Waals surface area contributed by atoms with Crippen LogP contribution in [0.5, 0.6) is 0 Å². The number of H-pyrrole nitrogens is 1. The lowest BCUT2D eigenvalue weighted by molar-refractivity contribution is 0.579. The molecule has 2 unspecified atom stereocenters. The Morgan fingerprint density at radius 1 is 1.27 bits per heavy atom. The molecule has 0 saturated carbocycles. The molecule has 0 spiro atoms. The first-order valence-corrected chi connectivity index (χ1v) is 7.80. The molecule has 5 heterocycles. The molecule has 0 amide bonds. The fraction of sp³-hybridized carbons (Fsp3) is 0.375. The van der Waals surface area contributed by atoms with Gasteiger partial charge in [-0.2, -0.15) is 0 Å². The predicted octanol–water partition coefficient (Wildman–Crippen LogP) is 1.49. The topological polar surface area (TPSA) is 82.9 Å². The number of aromatic amines is 1. The first-order valence-electron chi connectivity index (χ1n) is 7.80. The lowest BCUT2D eigenvalue weighted by atomic mass is 10.0. The van der Waals surface area contributed by atoms with E-state index in [9.17, 15) is 0 Å². The Balaban J connectivity index is 1.76. The molecule has 112 valence electrons. The summed E-state index contributed by atoms with van der Waals surface area (Å²) in [6.45, 7) is 3.32. The van der Waals surface area contributed by atoms with Crippen molar-refractivity contribution in [2.24, 2.45) is 5.92 Å². The minimum atomic E-state index is 0.546. The number of pyridine rings is 2. The maximum Gasteiger partial charge on any atom is 0.140 e. The second kappa shape index (κ2) is 4.33.